The molecule has 3 aliphatic rings. The molecule has 1 atom stereocenters. The highest BCUT2D eigenvalue weighted by Crippen LogP contribution is 2.34. The third-order valence-corrected chi connectivity index (χ3v) is 7.04. The third-order valence-electron chi connectivity index (χ3n) is 6.05. The molecule has 0 N–H and O–H groups in total. The van der Waals surface area contributed by atoms with E-state index < -0.39 is 0 Å². The fourth-order valence-electron chi connectivity index (χ4n) is 4.35. The number of rotatable bonds is 6. The highest BCUT2D eigenvalue weighted by molar-refractivity contribution is 8.00. The Morgan fingerprint density at radius 2 is 2.29 bits per heavy atom. The van der Waals surface area contributed by atoms with E-state index in [-0.39, 0.29) is 6.04 Å². The van der Waals surface area contributed by atoms with Gasteiger partial charge in [-0.25, -0.2) is 0 Å². The number of aromatic nitrogens is 1. The van der Waals surface area contributed by atoms with E-state index in [1.54, 1.807) is 0 Å². The first kappa shape index (κ1) is 20.5. The number of fused-ring (bicyclic) bond motifs is 3. The zero-order valence-electron chi connectivity index (χ0n) is 18.1. The zero-order chi connectivity index (χ0) is 21.0. The number of hydrogen-bond donors (Lipinski definition) is 0. The van der Waals surface area contributed by atoms with Crippen LogP contribution in [0.2, 0.25) is 0 Å². The van der Waals surface area contributed by atoms with E-state index in [4.69, 9.17) is 9.73 Å². The molecule has 2 aliphatic heterocycles. The maximum Gasteiger partial charge on any atom is 0.0888 e. The lowest BCUT2D eigenvalue weighted by atomic mass is 9.90. The Balaban J connectivity index is 1.45. The average molecular weight is 432 g/mol. The van der Waals surface area contributed by atoms with Gasteiger partial charge >= 0.3 is 0 Å². The summed E-state index contributed by atoms with van der Waals surface area (Å²) in [5.74, 6) is 1.99. The quantitative estimate of drug-likeness (QED) is 0.512. The molecule has 5 heteroatoms. The van der Waals surface area contributed by atoms with Crippen LogP contribution >= 0.6 is 11.8 Å². The fraction of sp³-hybridized carbons (Fsp3) is 0.385. The Kier molecular flexibility index (Phi) is 6.23. The second kappa shape index (κ2) is 9.41. The summed E-state index contributed by atoms with van der Waals surface area (Å²) in [5.41, 5.74) is 6.07. The number of hydrogen-bond acceptors (Lipinski definition) is 5. The van der Waals surface area contributed by atoms with E-state index in [0.717, 1.165) is 66.1 Å². The monoisotopic (exact) mass is 431 g/mol. The van der Waals surface area contributed by atoms with Gasteiger partial charge in [0.15, 0.2) is 0 Å². The molecule has 1 aliphatic carbocycles. The summed E-state index contributed by atoms with van der Waals surface area (Å²) in [6.45, 7) is 3.52. The molecule has 0 radical (unpaired) electrons. The Labute approximate surface area is 188 Å². The van der Waals surface area contributed by atoms with Gasteiger partial charge in [0, 0.05) is 35.5 Å². The lowest BCUT2D eigenvalue weighted by Crippen LogP contribution is -2.43. The van der Waals surface area contributed by atoms with Gasteiger partial charge in [-0.2, -0.15) is 0 Å². The van der Waals surface area contributed by atoms with Crippen molar-refractivity contribution in [3.8, 4) is 0 Å². The van der Waals surface area contributed by atoms with Gasteiger partial charge in [0.1, 0.15) is 0 Å². The molecule has 4 nitrogen and oxygen atoms in total. The SMILES string of the molecule is CCCCOCc1cc2c(N=C3CSCN4C=C5C=CCCC5=CC34)cccc2cn1. The van der Waals surface area contributed by atoms with Crippen LogP contribution in [0.1, 0.15) is 38.3 Å². The van der Waals surface area contributed by atoms with Crippen molar-refractivity contribution < 1.29 is 4.74 Å². The molecule has 1 saturated heterocycles. The van der Waals surface area contributed by atoms with E-state index in [9.17, 15) is 0 Å². The molecule has 3 heterocycles. The van der Waals surface area contributed by atoms with Gasteiger partial charge in [-0.15, -0.1) is 11.8 Å². The van der Waals surface area contributed by atoms with Crippen LogP contribution in [0.4, 0.5) is 5.69 Å². The van der Waals surface area contributed by atoms with Crippen molar-refractivity contribution in [2.24, 2.45) is 4.99 Å². The standard InChI is InChI=1S/C26H29N3OS/c1-2-3-11-30-16-22-13-23-20(14-27-22)9-6-10-24(23)28-25-17-31-18-29-15-21-8-5-4-7-19(21)12-26(25)29/h5-6,8-10,12-15,26H,2-4,7,11,16-18H2,1H3. The van der Waals surface area contributed by atoms with E-state index in [2.05, 4.69) is 65.5 Å². The lowest BCUT2D eigenvalue weighted by molar-refractivity contribution is 0.115. The van der Waals surface area contributed by atoms with Crippen LogP contribution in [0.3, 0.4) is 0 Å². The van der Waals surface area contributed by atoms with Crippen LogP contribution in [0.5, 0.6) is 0 Å². The largest absolute Gasteiger partial charge is 0.375 e. The molecule has 0 bridgehead atoms. The van der Waals surface area contributed by atoms with Crippen molar-refractivity contribution in [3.05, 3.63) is 71.7 Å². The zero-order valence-corrected chi connectivity index (χ0v) is 18.9. The maximum atomic E-state index is 5.79. The van der Waals surface area contributed by atoms with Crippen molar-refractivity contribution in [1.82, 2.24) is 9.88 Å². The number of aliphatic imine (C=N–C) groups is 1. The summed E-state index contributed by atoms with van der Waals surface area (Å²) in [7, 11) is 0. The number of thioether (sulfide) groups is 1. The number of allylic oxidation sites excluding steroid dienone is 4. The molecular weight excluding hydrogens is 402 g/mol. The topological polar surface area (TPSA) is 37.7 Å². The van der Waals surface area contributed by atoms with Gasteiger partial charge < -0.3 is 9.64 Å². The molecule has 31 heavy (non-hydrogen) atoms. The Morgan fingerprint density at radius 1 is 1.32 bits per heavy atom. The van der Waals surface area contributed by atoms with E-state index >= 15 is 0 Å². The molecule has 0 amide bonds. The van der Waals surface area contributed by atoms with Crippen LogP contribution in [0.25, 0.3) is 10.8 Å². The highest BCUT2D eigenvalue weighted by atomic mass is 32.2. The van der Waals surface area contributed by atoms with Crippen molar-refractivity contribution in [2.75, 3.05) is 18.2 Å². The summed E-state index contributed by atoms with van der Waals surface area (Å²) >= 11 is 1.94. The second-order valence-corrected chi connectivity index (χ2v) is 9.29. The Bertz CT molecular complexity index is 1090. The molecular formula is C26H29N3OS. The fourth-order valence-corrected chi connectivity index (χ4v) is 5.33. The Hall–Kier alpha value is -2.37. The Morgan fingerprint density at radius 3 is 3.23 bits per heavy atom. The lowest BCUT2D eigenvalue weighted by Gasteiger charge is -2.38. The molecule has 5 rings (SSSR count). The molecule has 2 aromatic rings. The smallest absolute Gasteiger partial charge is 0.0888 e. The van der Waals surface area contributed by atoms with Gasteiger partial charge in [0.2, 0.25) is 0 Å². The van der Waals surface area contributed by atoms with E-state index in [1.165, 1.54) is 16.9 Å². The van der Waals surface area contributed by atoms with Crippen molar-refractivity contribution in [1.29, 1.82) is 0 Å². The van der Waals surface area contributed by atoms with Crippen LogP contribution in [-0.4, -0.2) is 39.9 Å². The molecule has 0 saturated carbocycles. The molecule has 1 fully saturated rings. The first-order chi connectivity index (χ1) is 15.3. The number of ether oxygens (including phenoxy) is 1. The van der Waals surface area contributed by atoms with Crippen molar-refractivity contribution >= 4 is 33.9 Å². The number of pyridine rings is 1. The first-order valence-electron chi connectivity index (χ1n) is 11.3. The summed E-state index contributed by atoms with van der Waals surface area (Å²) in [6, 6.07) is 8.73. The molecule has 1 aromatic carbocycles. The van der Waals surface area contributed by atoms with Crippen molar-refractivity contribution in [2.45, 2.75) is 45.3 Å². The molecule has 0 spiro atoms. The molecule has 1 unspecified atom stereocenters. The van der Waals surface area contributed by atoms with Gasteiger partial charge in [0.05, 0.1) is 35.6 Å². The number of unbranched alkanes of at least 4 members (excludes halogenated alkanes) is 1. The minimum Gasteiger partial charge on any atom is -0.375 e. The highest BCUT2D eigenvalue weighted by Gasteiger charge is 2.29. The minimum atomic E-state index is 0.264. The van der Waals surface area contributed by atoms with Crippen LogP contribution in [0.15, 0.2) is 71.0 Å². The van der Waals surface area contributed by atoms with Gasteiger partial charge in [-0.1, -0.05) is 43.7 Å². The maximum absolute atomic E-state index is 5.79. The minimum absolute atomic E-state index is 0.264. The molecule has 1 aromatic heterocycles. The van der Waals surface area contributed by atoms with Crippen molar-refractivity contribution in [3.63, 3.8) is 0 Å². The summed E-state index contributed by atoms with van der Waals surface area (Å²) in [4.78, 5) is 12.2. The summed E-state index contributed by atoms with van der Waals surface area (Å²) < 4.78 is 5.79. The van der Waals surface area contributed by atoms with Crippen LogP contribution < -0.4 is 0 Å². The van der Waals surface area contributed by atoms with E-state index in [0.29, 0.717) is 6.61 Å². The predicted octanol–water partition coefficient (Wildman–Crippen LogP) is 6.17. The van der Waals surface area contributed by atoms with Crippen LogP contribution in [-0.2, 0) is 11.3 Å². The van der Waals surface area contributed by atoms with Gasteiger partial charge in [-0.05, 0) is 42.5 Å². The predicted molar refractivity (Wildman–Crippen MR) is 131 cm³/mol. The van der Waals surface area contributed by atoms with Crippen LogP contribution in [0, 0.1) is 0 Å². The average Bonchev–Trinajstić information content (AvgIpc) is 2.81. The molecule has 160 valence electrons. The van der Waals surface area contributed by atoms with Gasteiger partial charge in [-0.3, -0.25) is 9.98 Å². The van der Waals surface area contributed by atoms with Gasteiger partial charge in [0.25, 0.3) is 0 Å². The first-order valence-corrected chi connectivity index (χ1v) is 12.4. The number of benzene rings is 1. The second-order valence-electron chi connectivity index (χ2n) is 8.34. The summed E-state index contributed by atoms with van der Waals surface area (Å²) in [6.07, 6.45) is 15.8. The summed E-state index contributed by atoms with van der Waals surface area (Å²) in [5, 5.41) is 2.28. The third kappa shape index (κ3) is 4.48. The van der Waals surface area contributed by atoms with E-state index in [1.807, 2.05) is 18.0 Å². The normalized spacial score (nSPS) is 21.6. The number of nitrogens with zero attached hydrogens (tertiary/aromatic N) is 3.